The second-order valence-electron chi connectivity index (χ2n) is 6.70. The third-order valence-electron chi connectivity index (χ3n) is 5.00. The molecule has 142 valence electrons. The number of piperazine rings is 1. The van der Waals surface area contributed by atoms with E-state index in [4.69, 9.17) is 17.1 Å². The molecule has 0 amide bonds. The molecule has 0 aliphatic carbocycles. The van der Waals surface area contributed by atoms with Crippen LogP contribution in [0.4, 0.5) is 0 Å². The smallest absolute Gasteiger partial charge is 0.0577 e. The van der Waals surface area contributed by atoms with E-state index in [9.17, 15) is 5.11 Å². The van der Waals surface area contributed by atoms with Crippen molar-refractivity contribution in [3.63, 3.8) is 0 Å². The van der Waals surface area contributed by atoms with E-state index in [1.165, 1.54) is 25.8 Å². The van der Waals surface area contributed by atoms with E-state index in [-0.39, 0.29) is 0 Å². The predicted octanol–water partition coefficient (Wildman–Crippen LogP) is 4.24. The first kappa shape index (κ1) is 14.7. The fraction of sp³-hybridized carbons (Fsp3) is 0.364. The number of β-amino-alcohol motifs (C(OH)–C–C–N with tert-alkyl or cyclic N) is 1. The van der Waals surface area contributed by atoms with Crippen LogP contribution in [0.5, 0.6) is 0 Å². The standard InChI is InChI=1S/C22H25ClN2OS/c23-17-7-8-22-20(16-17)18(19-4-1-2-6-21(19)27-22)5-3-9-24-10-12-25(13-11-24)14-15-26/h1-2,4-8,16,26H,3,9-15H2/b18-5-/i14D2,15D2. The van der Waals surface area contributed by atoms with Crippen molar-refractivity contribution in [2.75, 3.05) is 45.8 Å². The van der Waals surface area contributed by atoms with Crippen LogP contribution in [0.2, 0.25) is 5.02 Å². The molecule has 0 saturated carbocycles. The minimum Gasteiger partial charge on any atom is -0.395 e. The van der Waals surface area contributed by atoms with Crippen LogP contribution in [0.15, 0.2) is 58.3 Å². The van der Waals surface area contributed by atoms with Crippen LogP contribution < -0.4 is 0 Å². The molecule has 0 atom stereocenters. The van der Waals surface area contributed by atoms with Crippen molar-refractivity contribution in [1.29, 1.82) is 0 Å². The van der Waals surface area contributed by atoms with Crippen LogP contribution in [0, 0.1) is 0 Å². The molecule has 5 heteroatoms. The van der Waals surface area contributed by atoms with Gasteiger partial charge in [0.05, 0.1) is 9.30 Å². The van der Waals surface area contributed by atoms with Crippen LogP contribution in [0.1, 0.15) is 23.0 Å². The van der Waals surface area contributed by atoms with Gasteiger partial charge in [0.25, 0.3) is 0 Å². The van der Waals surface area contributed by atoms with Gasteiger partial charge in [-0.05, 0) is 47.4 Å². The molecule has 0 radical (unpaired) electrons. The predicted molar refractivity (Wildman–Crippen MR) is 114 cm³/mol. The Morgan fingerprint density at radius 2 is 1.78 bits per heavy atom. The fourth-order valence-electron chi connectivity index (χ4n) is 3.61. The lowest BCUT2D eigenvalue weighted by atomic mass is 9.96. The lowest BCUT2D eigenvalue weighted by Gasteiger charge is -2.34. The number of fused-ring (bicyclic) bond motifs is 2. The molecule has 2 heterocycles. The van der Waals surface area contributed by atoms with E-state index >= 15 is 0 Å². The Morgan fingerprint density at radius 3 is 2.59 bits per heavy atom. The zero-order valence-corrected chi connectivity index (χ0v) is 16.6. The molecule has 1 saturated heterocycles. The van der Waals surface area contributed by atoms with Crippen LogP contribution in [-0.2, 0) is 0 Å². The summed E-state index contributed by atoms with van der Waals surface area (Å²) in [5.74, 6) is 0. The van der Waals surface area contributed by atoms with Crippen LogP contribution >= 0.6 is 23.4 Å². The van der Waals surface area contributed by atoms with Crippen LogP contribution in [0.25, 0.3) is 5.57 Å². The lowest BCUT2D eigenvalue weighted by molar-refractivity contribution is 0.114. The first-order valence-corrected chi connectivity index (χ1v) is 10.3. The fourth-order valence-corrected chi connectivity index (χ4v) is 4.87. The van der Waals surface area contributed by atoms with Gasteiger partial charge in [0, 0.05) is 56.8 Å². The lowest BCUT2D eigenvalue weighted by Crippen LogP contribution is -2.47. The average Bonchev–Trinajstić information content (AvgIpc) is 2.73. The molecule has 2 aliphatic rings. The SMILES string of the molecule is [2H]C([2H])(O)C([2H])([2H])N1CCN(CC/C=C2/c3ccccc3Sc3ccc(Cl)cc32)CC1. The van der Waals surface area contributed by atoms with Crippen molar-refractivity contribution in [3.05, 3.63) is 64.7 Å². The van der Waals surface area contributed by atoms with Crippen LogP contribution in [0.3, 0.4) is 0 Å². The summed E-state index contributed by atoms with van der Waals surface area (Å²) in [5, 5.41) is 10.2. The zero-order valence-electron chi connectivity index (χ0n) is 19.0. The topological polar surface area (TPSA) is 26.7 Å². The molecule has 2 aromatic carbocycles. The molecule has 27 heavy (non-hydrogen) atoms. The Hall–Kier alpha value is -1.30. The monoisotopic (exact) mass is 404 g/mol. The Bertz CT molecular complexity index is 988. The van der Waals surface area contributed by atoms with Crippen molar-refractivity contribution in [2.24, 2.45) is 0 Å². The highest BCUT2D eigenvalue weighted by atomic mass is 35.5. The Labute approximate surface area is 176 Å². The number of halogens is 1. The summed E-state index contributed by atoms with van der Waals surface area (Å²) in [7, 11) is 0. The molecule has 0 unspecified atom stereocenters. The quantitative estimate of drug-likeness (QED) is 0.688. The van der Waals surface area contributed by atoms with Gasteiger partial charge in [-0.25, -0.2) is 0 Å². The van der Waals surface area contributed by atoms with Gasteiger partial charge in [0.2, 0.25) is 0 Å². The van der Waals surface area contributed by atoms with Crippen molar-refractivity contribution < 1.29 is 10.6 Å². The summed E-state index contributed by atoms with van der Waals surface area (Å²) in [6.07, 6.45) is 3.10. The molecule has 2 aromatic rings. The van der Waals surface area contributed by atoms with E-state index in [2.05, 4.69) is 41.3 Å². The molecule has 0 bridgehead atoms. The molecule has 1 N–H and O–H groups in total. The van der Waals surface area contributed by atoms with Gasteiger partial charge in [-0.2, -0.15) is 0 Å². The third kappa shape index (κ3) is 4.41. The van der Waals surface area contributed by atoms with E-state index in [0.717, 1.165) is 23.6 Å². The van der Waals surface area contributed by atoms with E-state index in [0.29, 0.717) is 26.2 Å². The maximum Gasteiger partial charge on any atom is 0.0577 e. The van der Waals surface area contributed by atoms with E-state index in [1.54, 1.807) is 11.8 Å². The number of aliphatic hydroxyl groups is 1. The summed E-state index contributed by atoms with van der Waals surface area (Å²) < 4.78 is 30.5. The average molecular weight is 405 g/mol. The summed E-state index contributed by atoms with van der Waals surface area (Å²) in [6, 6.07) is 14.4. The van der Waals surface area contributed by atoms with Crippen LogP contribution in [-0.4, -0.2) is 60.7 Å². The van der Waals surface area contributed by atoms with Gasteiger partial charge < -0.3 is 10.0 Å². The molecule has 0 aromatic heterocycles. The first-order valence-electron chi connectivity index (χ1n) is 11.1. The van der Waals surface area contributed by atoms with Crippen molar-refractivity contribution in [1.82, 2.24) is 9.80 Å². The second-order valence-corrected chi connectivity index (χ2v) is 8.22. The Morgan fingerprint density at radius 1 is 1.04 bits per heavy atom. The van der Waals surface area contributed by atoms with Gasteiger partial charge in [0.1, 0.15) is 0 Å². The molecule has 4 rings (SSSR count). The van der Waals surface area contributed by atoms with Gasteiger partial charge in [-0.1, -0.05) is 47.6 Å². The van der Waals surface area contributed by atoms with Gasteiger partial charge in [0.15, 0.2) is 0 Å². The zero-order chi connectivity index (χ0) is 22.2. The van der Waals surface area contributed by atoms with E-state index in [1.807, 2.05) is 12.1 Å². The Balaban J connectivity index is 1.44. The molecule has 2 aliphatic heterocycles. The largest absolute Gasteiger partial charge is 0.395 e. The Kier molecular flexibility index (Phi) is 4.78. The minimum absolute atomic E-state index is 0.377. The number of benzene rings is 2. The summed E-state index contributed by atoms with van der Waals surface area (Å²) >= 11 is 8.04. The first-order chi connectivity index (χ1) is 14.7. The summed E-state index contributed by atoms with van der Waals surface area (Å²) in [4.78, 5) is 6.06. The normalized spacial score (nSPS) is 22.4. The van der Waals surface area contributed by atoms with Crippen molar-refractivity contribution in [3.8, 4) is 0 Å². The summed E-state index contributed by atoms with van der Waals surface area (Å²) in [5.41, 5.74) is 3.56. The highest BCUT2D eigenvalue weighted by Gasteiger charge is 2.21. The van der Waals surface area contributed by atoms with E-state index < -0.39 is 13.1 Å². The number of rotatable bonds is 5. The molecule has 1 fully saturated rings. The molecular weight excluding hydrogens is 376 g/mol. The number of hydrogen-bond donors (Lipinski definition) is 1. The number of hydrogen-bond acceptors (Lipinski definition) is 4. The van der Waals surface area contributed by atoms with Gasteiger partial charge >= 0.3 is 0 Å². The maximum absolute atomic E-state index is 9.51. The molecule has 0 spiro atoms. The molecular formula is C22H25ClN2OS. The molecule has 3 nitrogen and oxygen atoms in total. The third-order valence-corrected chi connectivity index (χ3v) is 6.39. The van der Waals surface area contributed by atoms with Gasteiger partial charge in [-0.15, -0.1) is 0 Å². The highest BCUT2D eigenvalue weighted by molar-refractivity contribution is 7.99. The van der Waals surface area contributed by atoms with Crippen molar-refractivity contribution >= 4 is 28.9 Å². The van der Waals surface area contributed by atoms with Gasteiger partial charge in [-0.3, -0.25) is 4.90 Å². The summed E-state index contributed by atoms with van der Waals surface area (Å²) in [6.45, 7) is -2.43. The minimum atomic E-state index is -2.89. The second kappa shape index (κ2) is 8.80. The highest BCUT2D eigenvalue weighted by Crippen LogP contribution is 2.46. The maximum atomic E-state index is 9.51. The number of nitrogens with zero attached hydrogens (tertiary/aromatic N) is 2. The van der Waals surface area contributed by atoms with Crippen molar-refractivity contribution in [2.45, 2.75) is 16.2 Å².